The van der Waals surface area contributed by atoms with Crippen LogP contribution in [0.25, 0.3) is 10.1 Å². The molecule has 0 aliphatic carbocycles. The molecule has 5 nitrogen and oxygen atoms in total. The van der Waals surface area contributed by atoms with Gasteiger partial charge in [-0.1, -0.05) is 67.9 Å². The molecule has 36 heavy (non-hydrogen) atoms. The predicted octanol–water partition coefficient (Wildman–Crippen LogP) is 7.42. The average molecular weight is 515 g/mol. The third kappa shape index (κ3) is 4.21. The SMILES string of the molecule is Cc1ccc2c(Cl)c(C(=O)Oc3ccc4c(c3)OC(N)=C(C#N)C4c3ccc(C(C)C)cc3)sc2c1. The van der Waals surface area contributed by atoms with Crippen molar-refractivity contribution in [1.29, 1.82) is 5.26 Å². The van der Waals surface area contributed by atoms with Gasteiger partial charge in [-0.25, -0.2) is 4.79 Å². The number of benzene rings is 3. The summed E-state index contributed by atoms with van der Waals surface area (Å²) >= 11 is 7.78. The standard InChI is InChI=1S/C29H23ClN2O3S/c1-15(2)17-5-7-18(8-6-17)25-20-11-9-19(13-23(20)35-28(32)22(25)14-31)34-29(33)27-26(30)21-10-4-16(3)12-24(21)36-27/h4-13,15,25H,32H2,1-3H3. The second-order valence-corrected chi connectivity index (χ2v) is 10.5. The first kappa shape index (κ1) is 23.9. The zero-order valence-electron chi connectivity index (χ0n) is 20.0. The number of carbonyl (C=O) groups is 1. The minimum Gasteiger partial charge on any atom is -0.440 e. The topological polar surface area (TPSA) is 85.3 Å². The van der Waals surface area contributed by atoms with E-state index < -0.39 is 5.97 Å². The molecule has 1 atom stereocenters. The van der Waals surface area contributed by atoms with Gasteiger partial charge in [0.25, 0.3) is 0 Å². The second-order valence-electron chi connectivity index (χ2n) is 9.08. The Labute approximate surface area is 218 Å². The zero-order valence-corrected chi connectivity index (χ0v) is 21.5. The van der Waals surface area contributed by atoms with Gasteiger partial charge in [0.15, 0.2) is 0 Å². The van der Waals surface area contributed by atoms with Crippen LogP contribution in [0, 0.1) is 18.3 Å². The third-order valence-corrected chi connectivity index (χ3v) is 7.95. The van der Waals surface area contributed by atoms with E-state index in [0.29, 0.717) is 32.9 Å². The van der Waals surface area contributed by atoms with E-state index in [2.05, 4.69) is 32.0 Å². The van der Waals surface area contributed by atoms with Gasteiger partial charge in [0.1, 0.15) is 28.0 Å². The molecule has 1 aliphatic rings. The van der Waals surface area contributed by atoms with E-state index in [-0.39, 0.29) is 11.8 Å². The fourth-order valence-corrected chi connectivity index (χ4v) is 5.86. The molecule has 1 aromatic heterocycles. The summed E-state index contributed by atoms with van der Waals surface area (Å²) in [4.78, 5) is 13.3. The van der Waals surface area contributed by atoms with Crippen LogP contribution < -0.4 is 15.2 Å². The van der Waals surface area contributed by atoms with Crippen LogP contribution in [0.1, 0.15) is 57.6 Å². The molecule has 0 saturated heterocycles. The minimum atomic E-state index is -0.545. The summed E-state index contributed by atoms with van der Waals surface area (Å²) in [7, 11) is 0. The first-order chi connectivity index (χ1) is 17.3. The number of carbonyl (C=O) groups excluding carboxylic acids is 1. The number of thiophene rings is 1. The number of fused-ring (bicyclic) bond motifs is 2. The maximum atomic E-state index is 13.0. The molecular weight excluding hydrogens is 492 g/mol. The highest BCUT2D eigenvalue weighted by molar-refractivity contribution is 7.21. The number of allylic oxidation sites excluding steroid dienone is 1. The van der Waals surface area contributed by atoms with E-state index in [0.717, 1.165) is 26.8 Å². The van der Waals surface area contributed by atoms with E-state index in [1.807, 2.05) is 37.3 Å². The molecule has 0 saturated carbocycles. The van der Waals surface area contributed by atoms with Gasteiger partial charge in [0.2, 0.25) is 5.88 Å². The number of ether oxygens (including phenoxy) is 2. The Hall–Kier alpha value is -3.79. The van der Waals surface area contributed by atoms with Crippen LogP contribution in [0.3, 0.4) is 0 Å². The summed E-state index contributed by atoms with van der Waals surface area (Å²) in [5.74, 6) is 0.238. The van der Waals surface area contributed by atoms with Crippen LogP contribution in [0.4, 0.5) is 0 Å². The molecule has 180 valence electrons. The molecule has 0 bridgehead atoms. The minimum absolute atomic E-state index is 0.0364. The van der Waals surface area contributed by atoms with Crippen molar-refractivity contribution in [1.82, 2.24) is 0 Å². The average Bonchev–Trinajstić information content (AvgIpc) is 3.18. The van der Waals surface area contributed by atoms with Crippen molar-refractivity contribution in [2.24, 2.45) is 5.73 Å². The maximum Gasteiger partial charge on any atom is 0.355 e. The lowest BCUT2D eigenvalue weighted by Gasteiger charge is -2.27. The van der Waals surface area contributed by atoms with Gasteiger partial charge in [-0.05, 0) is 41.7 Å². The van der Waals surface area contributed by atoms with Crippen LogP contribution >= 0.6 is 22.9 Å². The van der Waals surface area contributed by atoms with Crippen LogP contribution in [0.2, 0.25) is 5.02 Å². The van der Waals surface area contributed by atoms with Gasteiger partial charge in [0.05, 0.1) is 10.9 Å². The van der Waals surface area contributed by atoms with Crippen LogP contribution in [0.15, 0.2) is 72.1 Å². The fraction of sp³-hybridized carbons (Fsp3) is 0.172. The number of halogens is 1. The summed E-state index contributed by atoms with van der Waals surface area (Å²) in [6.07, 6.45) is 0. The molecule has 3 aromatic carbocycles. The van der Waals surface area contributed by atoms with E-state index in [9.17, 15) is 10.1 Å². The van der Waals surface area contributed by atoms with Crippen molar-refractivity contribution in [2.75, 3.05) is 0 Å². The van der Waals surface area contributed by atoms with Crippen molar-refractivity contribution < 1.29 is 14.3 Å². The Morgan fingerprint density at radius 3 is 2.58 bits per heavy atom. The van der Waals surface area contributed by atoms with Gasteiger partial charge in [0, 0.05) is 21.7 Å². The highest BCUT2D eigenvalue weighted by Gasteiger charge is 2.31. The molecule has 1 aliphatic heterocycles. The van der Waals surface area contributed by atoms with Crippen LogP contribution in [-0.2, 0) is 0 Å². The molecular formula is C29H23ClN2O3S. The Kier molecular flexibility index (Phi) is 6.21. The fourth-order valence-electron chi connectivity index (χ4n) is 4.37. The van der Waals surface area contributed by atoms with Crippen molar-refractivity contribution in [2.45, 2.75) is 32.6 Å². The van der Waals surface area contributed by atoms with Crippen molar-refractivity contribution in [3.8, 4) is 17.6 Å². The molecule has 4 aromatic rings. The molecule has 0 radical (unpaired) electrons. The van der Waals surface area contributed by atoms with Crippen LogP contribution in [-0.4, -0.2) is 5.97 Å². The third-order valence-electron chi connectivity index (χ3n) is 6.31. The molecule has 0 amide bonds. The Morgan fingerprint density at radius 1 is 1.14 bits per heavy atom. The van der Waals surface area contributed by atoms with Crippen LogP contribution in [0.5, 0.6) is 11.5 Å². The van der Waals surface area contributed by atoms with Gasteiger partial charge < -0.3 is 15.2 Å². The summed E-state index contributed by atoms with van der Waals surface area (Å²) in [6, 6.07) is 21.3. The lowest BCUT2D eigenvalue weighted by molar-refractivity contribution is 0.0740. The zero-order chi connectivity index (χ0) is 25.6. The largest absolute Gasteiger partial charge is 0.440 e. The Morgan fingerprint density at radius 2 is 1.89 bits per heavy atom. The second kappa shape index (κ2) is 9.34. The number of hydrogen-bond acceptors (Lipinski definition) is 6. The Balaban J connectivity index is 1.48. The van der Waals surface area contributed by atoms with Gasteiger partial charge in [-0.15, -0.1) is 11.3 Å². The number of nitriles is 1. The highest BCUT2D eigenvalue weighted by atomic mass is 35.5. The number of nitrogens with two attached hydrogens (primary N) is 1. The molecule has 2 heterocycles. The quantitative estimate of drug-likeness (QED) is 0.226. The van der Waals surface area contributed by atoms with E-state index in [4.69, 9.17) is 26.8 Å². The van der Waals surface area contributed by atoms with E-state index >= 15 is 0 Å². The monoisotopic (exact) mass is 514 g/mol. The summed E-state index contributed by atoms with van der Waals surface area (Å²) in [5, 5.41) is 11.0. The predicted molar refractivity (Wildman–Crippen MR) is 143 cm³/mol. The first-order valence-corrected chi connectivity index (χ1v) is 12.7. The number of aryl methyl sites for hydroxylation is 1. The number of esters is 1. The van der Waals surface area contributed by atoms with Gasteiger partial charge in [-0.2, -0.15) is 5.26 Å². The first-order valence-electron chi connectivity index (χ1n) is 11.5. The van der Waals surface area contributed by atoms with E-state index in [1.165, 1.54) is 16.9 Å². The van der Waals surface area contributed by atoms with Gasteiger partial charge in [-0.3, -0.25) is 0 Å². The number of rotatable bonds is 4. The molecule has 2 N–H and O–H groups in total. The molecule has 0 fully saturated rings. The lowest BCUT2D eigenvalue weighted by Crippen LogP contribution is -2.21. The molecule has 1 unspecified atom stereocenters. The summed E-state index contributed by atoms with van der Waals surface area (Å²) in [6.45, 7) is 6.25. The normalized spacial score (nSPS) is 14.9. The van der Waals surface area contributed by atoms with Crippen molar-refractivity contribution in [3.63, 3.8) is 0 Å². The molecule has 7 heteroatoms. The van der Waals surface area contributed by atoms with Gasteiger partial charge >= 0.3 is 5.97 Å². The van der Waals surface area contributed by atoms with E-state index in [1.54, 1.807) is 18.2 Å². The molecule has 0 spiro atoms. The lowest BCUT2D eigenvalue weighted by atomic mass is 9.83. The maximum absolute atomic E-state index is 13.0. The number of nitrogens with zero attached hydrogens (tertiary/aromatic N) is 1. The number of hydrogen-bond donors (Lipinski definition) is 1. The highest BCUT2D eigenvalue weighted by Crippen LogP contribution is 2.44. The molecule has 5 rings (SSSR count). The summed E-state index contributed by atoms with van der Waals surface area (Å²) in [5.41, 5.74) is 10.5. The van der Waals surface area contributed by atoms with Crippen molar-refractivity contribution >= 4 is 39.0 Å². The summed E-state index contributed by atoms with van der Waals surface area (Å²) < 4.78 is 12.4. The smallest absolute Gasteiger partial charge is 0.355 e. The van der Waals surface area contributed by atoms with Crippen molar-refractivity contribution in [3.05, 3.63) is 104 Å². The Bertz CT molecular complexity index is 1580.